The number of amides is 1. The first-order valence-electron chi connectivity index (χ1n) is 4.35. The number of rotatable bonds is 2. The lowest BCUT2D eigenvalue weighted by Gasteiger charge is -2.09. The molecule has 0 unspecified atom stereocenters. The first-order chi connectivity index (χ1) is 6.75. The van der Waals surface area contributed by atoms with Crippen molar-refractivity contribution in [1.82, 2.24) is 9.88 Å². The molecular formula is C9H10N2O3. The monoisotopic (exact) mass is 194 g/mol. The Kier molecular flexibility index (Phi) is 2.22. The van der Waals surface area contributed by atoms with Gasteiger partial charge in [-0.25, -0.2) is 4.79 Å². The molecule has 0 radical (unpaired) electrons. The molecule has 1 saturated heterocycles. The van der Waals surface area contributed by atoms with E-state index in [1.54, 1.807) is 18.3 Å². The van der Waals surface area contributed by atoms with Crippen molar-refractivity contribution in [2.24, 2.45) is 0 Å². The number of ether oxygens (including phenoxy) is 1. The van der Waals surface area contributed by atoms with Crippen molar-refractivity contribution in [3.05, 3.63) is 34.7 Å². The summed E-state index contributed by atoms with van der Waals surface area (Å²) in [6, 6.07) is 4.92. The van der Waals surface area contributed by atoms with Crippen molar-refractivity contribution in [3.8, 4) is 0 Å². The maximum atomic E-state index is 11.3. The molecule has 1 fully saturated rings. The highest BCUT2D eigenvalue weighted by Gasteiger charge is 2.22. The zero-order valence-corrected chi connectivity index (χ0v) is 7.47. The summed E-state index contributed by atoms with van der Waals surface area (Å²) in [5.74, 6) is 0. The van der Waals surface area contributed by atoms with Crippen LogP contribution in [0.5, 0.6) is 0 Å². The normalized spacial score (nSPS) is 20.3. The smallest absolute Gasteiger partial charge is 0.407 e. The van der Waals surface area contributed by atoms with Crippen LogP contribution in [-0.4, -0.2) is 23.3 Å². The van der Waals surface area contributed by atoms with Gasteiger partial charge in [0.2, 0.25) is 0 Å². The van der Waals surface area contributed by atoms with E-state index in [9.17, 15) is 9.59 Å². The van der Waals surface area contributed by atoms with Crippen molar-refractivity contribution in [2.75, 3.05) is 6.54 Å². The molecule has 1 aromatic rings. The third kappa shape index (κ3) is 1.76. The molecule has 74 valence electrons. The lowest BCUT2D eigenvalue weighted by molar-refractivity contribution is 0.130. The van der Waals surface area contributed by atoms with E-state index in [1.165, 1.54) is 10.6 Å². The number of nitrogens with zero attached hydrogens (tertiary/aromatic N) is 1. The van der Waals surface area contributed by atoms with Gasteiger partial charge in [0, 0.05) is 12.3 Å². The second-order valence-corrected chi connectivity index (χ2v) is 3.10. The molecule has 5 heteroatoms. The number of hydrogen-bond acceptors (Lipinski definition) is 3. The highest BCUT2D eigenvalue weighted by atomic mass is 16.6. The summed E-state index contributed by atoms with van der Waals surface area (Å²) in [5.41, 5.74) is -0.0875. The number of nitrogens with one attached hydrogen (secondary N) is 1. The van der Waals surface area contributed by atoms with Gasteiger partial charge in [-0.05, 0) is 6.07 Å². The largest absolute Gasteiger partial charge is 0.442 e. The van der Waals surface area contributed by atoms with Crippen LogP contribution in [0.15, 0.2) is 29.2 Å². The molecule has 1 aromatic heterocycles. The number of carbonyl (C=O) groups excluding carboxylic acids is 1. The van der Waals surface area contributed by atoms with Crippen LogP contribution in [0.1, 0.15) is 0 Å². The molecule has 2 heterocycles. The molecule has 0 spiro atoms. The van der Waals surface area contributed by atoms with Crippen molar-refractivity contribution in [1.29, 1.82) is 0 Å². The minimum absolute atomic E-state index is 0.0875. The van der Waals surface area contributed by atoms with E-state index < -0.39 is 6.09 Å². The van der Waals surface area contributed by atoms with Crippen molar-refractivity contribution in [2.45, 2.75) is 12.6 Å². The maximum Gasteiger partial charge on any atom is 0.407 e. The zero-order valence-electron chi connectivity index (χ0n) is 7.47. The fraction of sp³-hybridized carbons (Fsp3) is 0.333. The molecule has 0 saturated carbocycles. The molecule has 1 aliphatic rings. The standard InChI is InChI=1S/C9H10N2O3/c12-8-3-1-2-4-11(8)6-7-5-10-9(13)14-7/h1-4,7H,5-6H2,(H,10,13)/t7-/m0/s1. The molecular weight excluding hydrogens is 184 g/mol. The van der Waals surface area contributed by atoms with Crippen LogP contribution < -0.4 is 10.9 Å². The predicted molar refractivity (Wildman–Crippen MR) is 49.0 cm³/mol. The Morgan fingerprint density at radius 2 is 2.36 bits per heavy atom. The first kappa shape index (κ1) is 8.80. The van der Waals surface area contributed by atoms with E-state index in [4.69, 9.17) is 4.74 Å². The van der Waals surface area contributed by atoms with E-state index in [2.05, 4.69) is 5.32 Å². The van der Waals surface area contributed by atoms with Gasteiger partial charge in [-0.2, -0.15) is 0 Å². The Hall–Kier alpha value is -1.78. The lowest BCUT2D eigenvalue weighted by atomic mass is 10.3. The summed E-state index contributed by atoms with van der Waals surface area (Å²) in [4.78, 5) is 22.0. The van der Waals surface area contributed by atoms with Crippen LogP contribution in [0.3, 0.4) is 0 Å². The molecule has 1 amide bonds. The van der Waals surface area contributed by atoms with E-state index in [-0.39, 0.29) is 11.7 Å². The van der Waals surface area contributed by atoms with Gasteiger partial charge in [-0.3, -0.25) is 4.79 Å². The van der Waals surface area contributed by atoms with Gasteiger partial charge >= 0.3 is 6.09 Å². The van der Waals surface area contributed by atoms with Gasteiger partial charge in [0.25, 0.3) is 5.56 Å². The summed E-state index contributed by atoms with van der Waals surface area (Å²) < 4.78 is 6.43. The molecule has 1 atom stereocenters. The minimum atomic E-state index is -0.418. The SMILES string of the molecule is O=C1NC[C@@H](Cn2ccccc2=O)O1. The summed E-state index contributed by atoms with van der Waals surface area (Å²) in [5, 5.41) is 2.53. The summed E-state index contributed by atoms with van der Waals surface area (Å²) in [6.07, 6.45) is 1.01. The topological polar surface area (TPSA) is 60.3 Å². The molecule has 0 aromatic carbocycles. The van der Waals surface area contributed by atoms with E-state index in [0.717, 1.165) is 0 Å². The summed E-state index contributed by atoms with van der Waals surface area (Å²) in [7, 11) is 0. The van der Waals surface area contributed by atoms with Gasteiger partial charge in [0.1, 0.15) is 6.10 Å². The molecule has 2 rings (SSSR count). The van der Waals surface area contributed by atoms with Crippen molar-refractivity contribution < 1.29 is 9.53 Å². The first-order valence-corrected chi connectivity index (χ1v) is 4.35. The van der Waals surface area contributed by atoms with Gasteiger partial charge in [-0.15, -0.1) is 0 Å². The van der Waals surface area contributed by atoms with E-state index in [0.29, 0.717) is 13.1 Å². The molecule has 1 N–H and O–H groups in total. The quantitative estimate of drug-likeness (QED) is 0.718. The molecule has 14 heavy (non-hydrogen) atoms. The van der Waals surface area contributed by atoms with Crippen molar-refractivity contribution in [3.63, 3.8) is 0 Å². The van der Waals surface area contributed by atoms with Crippen LogP contribution in [0.2, 0.25) is 0 Å². The van der Waals surface area contributed by atoms with E-state index >= 15 is 0 Å². The number of carbonyl (C=O) groups is 1. The summed E-state index contributed by atoms with van der Waals surface area (Å²) >= 11 is 0. The van der Waals surface area contributed by atoms with Gasteiger partial charge in [-0.1, -0.05) is 6.07 Å². The highest BCUT2D eigenvalue weighted by Crippen LogP contribution is 2.01. The summed E-state index contributed by atoms with van der Waals surface area (Å²) in [6.45, 7) is 0.860. The van der Waals surface area contributed by atoms with Gasteiger partial charge in [0.05, 0.1) is 13.1 Å². The number of hydrogen-bond donors (Lipinski definition) is 1. The third-order valence-corrected chi connectivity index (χ3v) is 2.05. The number of aromatic nitrogens is 1. The predicted octanol–water partition coefficient (Wildman–Crippen LogP) is -0.0433. The van der Waals surface area contributed by atoms with Crippen LogP contribution in [-0.2, 0) is 11.3 Å². The Morgan fingerprint density at radius 3 is 3.00 bits per heavy atom. The molecule has 1 aliphatic heterocycles. The fourth-order valence-electron chi connectivity index (χ4n) is 1.36. The molecule has 0 bridgehead atoms. The van der Waals surface area contributed by atoms with Gasteiger partial charge in [0.15, 0.2) is 0 Å². The molecule has 5 nitrogen and oxygen atoms in total. The van der Waals surface area contributed by atoms with Crippen molar-refractivity contribution >= 4 is 6.09 Å². The van der Waals surface area contributed by atoms with Crippen LogP contribution in [0.25, 0.3) is 0 Å². The van der Waals surface area contributed by atoms with Gasteiger partial charge < -0.3 is 14.6 Å². The van der Waals surface area contributed by atoms with E-state index in [1.807, 2.05) is 0 Å². The number of alkyl carbamates (subject to hydrolysis) is 1. The Bertz CT molecular complexity index is 399. The highest BCUT2D eigenvalue weighted by molar-refractivity contribution is 5.69. The number of pyridine rings is 1. The van der Waals surface area contributed by atoms with Crippen LogP contribution >= 0.6 is 0 Å². The second-order valence-electron chi connectivity index (χ2n) is 3.10. The lowest BCUT2D eigenvalue weighted by Crippen LogP contribution is -2.27. The average molecular weight is 194 g/mol. The molecule has 0 aliphatic carbocycles. The average Bonchev–Trinajstić information content (AvgIpc) is 2.56. The zero-order chi connectivity index (χ0) is 9.97. The Morgan fingerprint density at radius 1 is 1.50 bits per heavy atom. The maximum absolute atomic E-state index is 11.3. The fourth-order valence-corrected chi connectivity index (χ4v) is 1.36. The second kappa shape index (κ2) is 3.53. The third-order valence-electron chi connectivity index (χ3n) is 2.05. The Balaban J connectivity index is 2.08. The Labute approximate surface area is 80.3 Å². The number of cyclic esters (lactones) is 1. The minimum Gasteiger partial charge on any atom is -0.442 e. The van der Waals surface area contributed by atoms with Crippen LogP contribution in [0.4, 0.5) is 4.79 Å². The van der Waals surface area contributed by atoms with Crippen LogP contribution in [0, 0.1) is 0 Å².